The lowest BCUT2D eigenvalue weighted by Gasteiger charge is -2.34. The van der Waals surface area contributed by atoms with Crippen LogP contribution in [0.3, 0.4) is 0 Å². The van der Waals surface area contributed by atoms with Gasteiger partial charge in [-0.15, -0.1) is 0 Å². The Labute approximate surface area is 174 Å². The number of carbonyl (C=O) groups is 1. The van der Waals surface area contributed by atoms with Crippen LogP contribution in [0.1, 0.15) is 48.4 Å². The van der Waals surface area contributed by atoms with Crippen molar-refractivity contribution in [1.82, 2.24) is 20.4 Å². The number of pyridine rings is 1. The Kier molecular flexibility index (Phi) is 5.65. The van der Waals surface area contributed by atoms with Crippen molar-refractivity contribution in [2.45, 2.75) is 37.6 Å². The van der Waals surface area contributed by atoms with Crippen LogP contribution in [0.25, 0.3) is 11.4 Å². The average Bonchev–Trinajstić information content (AvgIpc) is 3.31. The van der Waals surface area contributed by atoms with E-state index in [9.17, 15) is 4.79 Å². The first kappa shape index (κ1) is 19.9. The van der Waals surface area contributed by atoms with Crippen molar-refractivity contribution in [3.63, 3.8) is 0 Å². The molecule has 0 spiro atoms. The predicted octanol–water partition coefficient (Wildman–Crippen LogP) is 3.74. The van der Waals surface area contributed by atoms with Gasteiger partial charge in [0.25, 0.3) is 11.8 Å². The van der Waals surface area contributed by atoms with E-state index < -0.39 is 5.54 Å². The van der Waals surface area contributed by atoms with Gasteiger partial charge in [-0.25, -0.2) is 0 Å². The topological polar surface area (TPSA) is 99.4 Å². The molecule has 0 saturated heterocycles. The first-order chi connectivity index (χ1) is 14.6. The molecule has 0 aliphatic heterocycles. The van der Waals surface area contributed by atoms with E-state index in [1.165, 1.54) is 0 Å². The maximum atomic E-state index is 13.1. The average molecular weight is 408 g/mol. The first-order valence-corrected chi connectivity index (χ1v) is 9.94. The van der Waals surface area contributed by atoms with Crippen molar-refractivity contribution < 1.29 is 18.8 Å². The second-order valence-electron chi connectivity index (χ2n) is 7.33. The molecule has 0 atom stereocenters. The smallest absolute Gasteiger partial charge is 0.252 e. The lowest BCUT2D eigenvalue weighted by Crippen LogP contribution is -2.47. The zero-order chi connectivity index (χ0) is 21.0. The van der Waals surface area contributed by atoms with Gasteiger partial charge in [-0.2, -0.15) is 4.98 Å². The predicted molar refractivity (Wildman–Crippen MR) is 109 cm³/mol. The molecule has 1 saturated carbocycles. The summed E-state index contributed by atoms with van der Waals surface area (Å²) in [4.78, 5) is 21.8. The third-order valence-electron chi connectivity index (χ3n) is 5.48. The first-order valence-electron chi connectivity index (χ1n) is 9.94. The summed E-state index contributed by atoms with van der Waals surface area (Å²) in [5.74, 6) is 1.77. The van der Waals surface area contributed by atoms with Gasteiger partial charge >= 0.3 is 0 Å². The van der Waals surface area contributed by atoms with Crippen LogP contribution >= 0.6 is 0 Å². The normalized spacial score (nSPS) is 15.4. The highest BCUT2D eigenvalue weighted by atomic mass is 16.5. The number of nitrogens with one attached hydrogen (secondary N) is 1. The van der Waals surface area contributed by atoms with Crippen molar-refractivity contribution in [3.8, 4) is 22.9 Å². The van der Waals surface area contributed by atoms with E-state index in [2.05, 4.69) is 20.4 Å². The quantitative estimate of drug-likeness (QED) is 0.663. The molecule has 0 radical (unpaired) electrons. The number of hydrogen-bond acceptors (Lipinski definition) is 7. The number of nitrogens with zero attached hydrogens (tertiary/aromatic N) is 3. The summed E-state index contributed by atoms with van der Waals surface area (Å²) < 4.78 is 16.2. The lowest BCUT2D eigenvalue weighted by molar-refractivity contribution is 0.0824. The number of hydrogen-bond donors (Lipinski definition) is 1. The Bertz CT molecular complexity index is 1010. The zero-order valence-electron chi connectivity index (χ0n) is 17.1. The molecule has 2 aromatic heterocycles. The monoisotopic (exact) mass is 408 g/mol. The minimum atomic E-state index is -0.694. The Hall–Kier alpha value is -3.42. The fourth-order valence-corrected chi connectivity index (χ4v) is 3.85. The van der Waals surface area contributed by atoms with E-state index in [4.69, 9.17) is 14.0 Å². The fraction of sp³-hybridized carbons (Fsp3) is 0.364. The van der Waals surface area contributed by atoms with E-state index >= 15 is 0 Å². The Morgan fingerprint density at radius 1 is 1.03 bits per heavy atom. The van der Waals surface area contributed by atoms with Crippen molar-refractivity contribution >= 4 is 5.91 Å². The number of ether oxygens (including phenoxy) is 2. The molecule has 1 amide bonds. The summed E-state index contributed by atoms with van der Waals surface area (Å²) >= 11 is 0. The minimum absolute atomic E-state index is 0.221. The molecule has 30 heavy (non-hydrogen) atoms. The van der Waals surface area contributed by atoms with E-state index in [-0.39, 0.29) is 5.91 Å². The number of rotatable bonds is 6. The van der Waals surface area contributed by atoms with Crippen LogP contribution in [-0.2, 0) is 5.54 Å². The number of amides is 1. The van der Waals surface area contributed by atoms with Gasteiger partial charge in [0, 0.05) is 23.5 Å². The molecule has 4 rings (SSSR count). The summed E-state index contributed by atoms with van der Waals surface area (Å²) in [6, 6.07) is 8.74. The van der Waals surface area contributed by atoms with Crippen molar-refractivity contribution in [2.24, 2.45) is 0 Å². The van der Waals surface area contributed by atoms with Crippen molar-refractivity contribution in [3.05, 3.63) is 54.2 Å². The molecular weight excluding hydrogens is 384 g/mol. The van der Waals surface area contributed by atoms with Gasteiger partial charge in [-0.3, -0.25) is 9.78 Å². The van der Waals surface area contributed by atoms with E-state index in [1.807, 2.05) is 12.1 Å². The van der Waals surface area contributed by atoms with Gasteiger partial charge in [-0.1, -0.05) is 24.4 Å². The third-order valence-corrected chi connectivity index (χ3v) is 5.48. The Balaban J connectivity index is 1.63. The second-order valence-corrected chi connectivity index (χ2v) is 7.33. The van der Waals surface area contributed by atoms with Crippen LogP contribution in [0.15, 0.2) is 47.2 Å². The number of aromatic nitrogens is 3. The second kappa shape index (κ2) is 8.52. The largest absolute Gasteiger partial charge is 0.493 e. The maximum absolute atomic E-state index is 13.1. The molecule has 156 valence electrons. The SMILES string of the molecule is COc1ccc(C(=O)NC2(c3nc(-c4ccncc4)no3)CCCCC2)cc1OC. The van der Waals surface area contributed by atoms with E-state index in [0.717, 1.165) is 37.7 Å². The Morgan fingerprint density at radius 3 is 2.47 bits per heavy atom. The summed E-state index contributed by atoms with van der Waals surface area (Å²) in [5.41, 5.74) is 0.601. The van der Waals surface area contributed by atoms with E-state index in [0.29, 0.717) is 28.8 Å². The molecule has 8 nitrogen and oxygen atoms in total. The van der Waals surface area contributed by atoms with Gasteiger partial charge in [0.05, 0.1) is 14.2 Å². The molecule has 1 aliphatic rings. The molecule has 1 N–H and O–H groups in total. The number of benzene rings is 1. The van der Waals surface area contributed by atoms with Crippen LogP contribution < -0.4 is 14.8 Å². The fourth-order valence-electron chi connectivity index (χ4n) is 3.85. The number of carbonyl (C=O) groups excluding carboxylic acids is 1. The summed E-state index contributed by atoms with van der Waals surface area (Å²) in [6.07, 6.45) is 7.90. The van der Waals surface area contributed by atoms with Crippen LogP contribution in [0.5, 0.6) is 11.5 Å². The highest BCUT2D eigenvalue weighted by Gasteiger charge is 2.41. The molecule has 3 aromatic rings. The zero-order valence-corrected chi connectivity index (χ0v) is 17.1. The molecule has 1 aliphatic carbocycles. The molecule has 8 heteroatoms. The summed E-state index contributed by atoms with van der Waals surface area (Å²) in [6.45, 7) is 0. The Morgan fingerprint density at radius 2 is 1.77 bits per heavy atom. The van der Waals surface area contributed by atoms with Crippen molar-refractivity contribution in [2.75, 3.05) is 14.2 Å². The van der Waals surface area contributed by atoms with Crippen LogP contribution in [0.4, 0.5) is 0 Å². The molecule has 0 bridgehead atoms. The maximum Gasteiger partial charge on any atom is 0.252 e. The van der Waals surface area contributed by atoms with E-state index in [1.54, 1.807) is 44.8 Å². The van der Waals surface area contributed by atoms with Gasteiger partial charge in [0.15, 0.2) is 11.5 Å². The molecule has 0 unspecified atom stereocenters. The summed E-state index contributed by atoms with van der Waals surface area (Å²) in [7, 11) is 3.10. The lowest BCUT2D eigenvalue weighted by atomic mass is 9.81. The molecule has 2 heterocycles. The van der Waals surface area contributed by atoms with Gasteiger partial charge in [-0.05, 0) is 43.2 Å². The highest BCUT2D eigenvalue weighted by molar-refractivity contribution is 5.95. The summed E-state index contributed by atoms with van der Waals surface area (Å²) in [5, 5.41) is 7.31. The molecule has 1 fully saturated rings. The van der Waals surface area contributed by atoms with Crippen LogP contribution in [0.2, 0.25) is 0 Å². The minimum Gasteiger partial charge on any atom is -0.493 e. The van der Waals surface area contributed by atoms with Crippen LogP contribution in [0, 0.1) is 0 Å². The van der Waals surface area contributed by atoms with Gasteiger partial charge in [0.2, 0.25) is 5.82 Å². The molecule has 1 aromatic carbocycles. The number of methoxy groups -OCH3 is 2. The highest BCUT2D eigenvalue weighted by Crippen LogP contribution is 2.37. The van der Waals surface area contributed by atoms with Crippen molar-refractivity contribution in [1.29, 1.82) is 0 Å². The molecular formula is C22H24N4O4. The van der Waals surface area contributed by atoms with Crippen LogP contribution in [-0.4, -0.2) is 35.3 Å². The van der Waals surface area contributed by atoms with Gasteiger partial charge in [0.1, 0.15) is 5.54 Å². The standard InChI is InChI=1S/C22H24N4O4/c1-28-17-7-6-16(14-18(17)29-2)20(27)25-22(10-4-3-5-11-22)21-24-19(26-30-21)15-8-12-23-13-9-15/h6-9,12-14H,3-5,10-11H2,1-2H3,(H,25,27). The van der Waals surface area contributed by atoms with Gasteiger partial charge < -0.3 is 19.3 Å². The third kappa shape index (κ3) is 3.85.